The quantitative estimate of drug-likeness (QED) is 0.478. The van der Waals surface area contributed by atoms with Gasteiger partial charge in [-0.2, -0.15) is 0 Å². The zero-order valence-electron chi connectivity index (χ0n) is 10.3. The Morgan fingerprint density at radius 2 is 2.00 bits per heavy atom. The molecule has 0 aliphatic carbocycles. The van der Waals surface area contributed by atoms with E-state index in [1.807, 2.05) is 19.0 Å². The lowest BCUT2D eigenvalue weighted by Crippen LogP contribution is -2.34. The van der Waals surface area contributed by atoms with Gasteiger partial charge in [0, 0.05) is 30.9 Å². The average Bonchev–Trinajstić information content (AvgIpc) is 2.29. The third-order valence-electron chi connectivity index (χ3n) is 2.18. The fraction of sp³-hybridized carbons (Fsp3) is 0.364. The second-order valence-corrected chi connectivity index (χ2v) is 4.40. The molecule has 1 rings (SSSR count). The number of likely N-dealkylation sites (N-methyl/N-ethyl adjacent to an activating group) is 1. The van der Waals surface area contributed by atoms with E-state index in [1.165, 1.54) is 12.1 Å². The van der Waals surface area contributed by atoms with Crippen molar-refractivity contribution >= 4 is 28.7 Å². The average molecular weight is 268 g/mol. The van der Waals surface area contributed by atoms with E-state index in [2.05, 4.69) is 10.6 Å². The molecule has 0 saturated heterocycles. The molecule has 6 nitrogen and oxygen atoms in total. The molecule has 0 spiro atoms. The molecular weight excluding hydrogens is 252 g/mol. The Balaban J connectivity index is 2.42. The molecule has 0 radical (unpaired) electrons. The van der Waals surface area contributed by atoms with Gasteiger partial charge in [-0.05, 0) is 38.4 Å². The first-order valence-electron chi connectivity index (χ1n) is 5.43. The summed E-state index contributed by atoms with van der Waals surface area (Å²) in [4.78, 5) is 12.1. The predicted molar refractivity (Wildman–Crippen MR) is 75.9 cm³/mol. The highest BCUT2D eigenvalue weighted by molar-refractivity contribution is 7.80. The van der Waals surface area contributed by atoms with Crippen LogP contribution < -0.4 is 10.6 Å². The van der Waals surface area contributed by atoms with Crippen LogP contribution in [0.1, 0.15) is 0 Å². The van der Waals surface area contributed by atoms with Crippen LogP contribution in [0, 0.1) is 10.1 Å². The molecule has 98 valence electrons. The molecular formula is C11H16N4O2S. The van der Waals surface area contributed by atoms with Crippen LogP contribution in [0.2, 0.25) is 0 Å². The van der Waals surface area contributed by atoms with Crippen molar-refractivity contribution in [3.63, 3.8) is 0 Å². The lowest BCUT2D eigenvalue weighted by atomic mass is 10.3. The molecule has 1 aromatic carbocycles. The molecule has 2 N–H and O–H groups in total. The standard InChI is InChI=1S/C11H16N4O2S/c1-14(2)8-7-12-11(18)13-9-3-5-10(6-4-9)15(16)17/h3-6H,7-8H2,1-2H3,(H2,12,13,18). The van der Waals surface area contributed by atoms with E-state index in [-0.39, 0.29) is 5.69 Å². The van der Waals surface area contributed by atoms with E-state index in [4.69, 9.17) is 12.2 Å². The van der Waals surface area contributed by atoms with Gasteiger partial charge in [0.25, 0.3) is 5.69 Å². The lowest BCUT2D eigenvalue weighted by Gasteiger charge is -2.13. The molecule has 0 aliphatic heterocycles. The third kappa shape index (κ3) is 5.07. The number of nitro groups is 1. The monoisotopic (exact) mass is 268 g/mol. The van der Waals surface area contributed by atoms with Crippen LogP contribution >= 0.6 is 12.2 Å². The van der Waals surface area contributed by atoms with Crippen LogP contribution in [0.15, 0.2) is 24.3 Å². The molecule has 0 unspecified atom stereocenters. The summed E-state index contributed by atoms with van der Waals surface area (Å²) in [5.41, 5.74) is 0.787. The Hall–Kier alpha value is -1.73. The third-order valence-corrected chi connectivity index (χ3v) is 2.43. The Morgan fingerprint density at radius 3 is 2.50 bits per heavy atom. The van der Waals surface area contributed by atoms with E-state index in [9.17, 15) is 10.1 Å². The van der Waals surface area contributed by atoms with Crippen LogP contribution in [-0.4, -0.2) is 42.1 Å². The second kappa shape index (κ2) is 6.87. The molecule has 18 heavy (non-hydrogen) atoms. The summed E-state index contributed by atoms with van der Waals surface area (Å²) in [5.74, 6) is 0. The number of hydrogen-bond acceptors (Lipinski definition) is 4. The largest absolute Gasteiger partial charge is 0.361 e. The van der Waals surface area contributed by atoms with Crippen LogP contribution in [0.5, 0.6) is 0 Å². The van der Waals surface area contributed by atoms with Gasteiger partial charge in [-0.3, -0.25) is 10.1 Å². The highest BCUT2D eigenvalue weighted by Crippen LogP contribution is 2.15. The van der Waals surface area contributed by atoms with Gasteiger partial charge in [-0.15, -0.1) is 0 Å². The minimum Gasteiger partial charge on any atom is -0.361 e. The fourth-order valence-corrected chi connectivity index (χ4v) is 1.45. The van der Waals surface area contributed by atoms with E-state index >= 15 is 0 Å². The van der Waals surface area contributed by atoms with Crippen molar-refractivity contribution in [3.8, 4) is 0 Å². The summed E-state index contributed by atoms with van der Waals surface area (Å²) in [7, 11) is 3.96. The SMILES string of the molecule is CN(C)CCNC(=S)Nc1ccc([N+](=O)[O-])cc1. The number of nitrogens with one attached hydrogen (secondary N) is 2. The van der Waals surface area contributed by atoms with Gasteiger partial charge in [-0.25, -0.2) is 0 Å². The van der Waals surface area contributed by atoms with Crippen molar-refractivity contribution in [3.05, 3.63) is 34.4 Å². The first-order chi connectivity index (χ1) is 8.49. The van der Waals surface area contributed by atoms with Crippen LogP contribution in [-0.2, 0) is 0 Å². The summed E-state index contributed by atoms with van der Waals surface area (Å²) >= 11 is 5.10. The molecule has 0 bridgehead atoms. The van der Waals surface area contributed by atoms with Crippen molar-refractivity contribution in [1.82, 2.24) is 10.2 Å². The molecule has 0 amide bonds. The van der Waals surface area contributed by atoms with Gasteiger partial charge < -0.3 is 15.5 Å². The highest BCUT2D eigenvalue weighted by atomic mass is 32.1. The molecule has 0 aliphatic rings. The number of nitro benzene ring substituents is 1. The van der Waals surface area contributed by atoms with Gasteiger partial charge in [0.15, 0.2) is 5.11 Å². The smallest absolute Gasteiger partial charge is 0.269 e. The van der Waals surface area contributed by atoms with Crippen molar-refractivity contribution in [1.29, 1.82) is 0 Å². The van der Waals surface area contributed by atoms with Gasteiger partial charge >= 0.3 is 0 Å². The van der Waals surface area contributed by atoms with Crippen LogP contribution in [0.25, 0.3) is 0 Å². The number of nitrogens with zero attached hydrogens (tertiary/aromatic N) is 2. The zero-order chi connectivity index (χ0) is 13.5. The summed E-state index contributed by atoms with van der Waals surface area (Å²) in [6, 6.07) is 6.12. The number of anilines is 1. The van der Waals surface area contributed by atoms with Crippen LogP contribution in [0.4, 0.5) is 11.4 Å². The minimum absolute atomic E-state index is 0.0621. The molecule has 1 aromatic rings. The van der Waals surface area contributed by atoms with Gasteiger partial charge in [0.2, 0.25) is 0 Å². The maximum absolute atomic E-state index is 10.5. The van der Waals surface area contributed by atoms with Crippen molar-refractivity contribution < 1.29 is 4.92 Å². The Morgan fingerprint density at radius 1 is 1.39 bits per heavy atom. The normalized spacial score (nSPS) is 10.2. The summed E-state index contributed by atoms with van der Waals surface area (Å²) in [5, 5.41) is 17.0. The Kier molecular flexibility index (Phi) is 5.47. The van der Waals surface area contributed by atoms with Crippen LogP contribution in [0.3, 0.4) is 0 Å². The molecule has 0 atom stereocenters. The van der Waals surface area contributed by atoms with Crippen molar-refractivity contribution in [2.24, 2.45) is 0 Å². The van der Waals surface area contributed by atoms with Gasteiger partial charge in [0.1, 0.15) is 0 Å². The lowest BCUT2D eigenvalue weighted by molar-refractivity contribution is -0.384. The number of rotatable bonds is 5. The number of hydrogen-bond donors (Lipinski definition) is 2. The zero-order valence-corrected chi connectivity index (χ0v) is 11.2. The van der Waals surface area contributed by atoms with E-state index in [0.717, 1.165) is 18.8 Å². The molecule has 0 saturated carbocycles. The Bertz CT molecular complexity index is 420. The van der Waals surface area contributed by atoms with Crippen molar-refractivity contribution in [2.75, 3.05) is 32.5 Å². The minimum atomic E-state index is -0.433. The van der Waals surface area contributed by atoms with Crippen molar-refractivity contribution in [2.45, 2.75) is 0 Å². The number of benzene rings is 1. The summed E-state index contributed by atoms with van der Waals surface area (Å²) in [6.45, 7) is 1.62. The molecule has 0 aromatic heterocycles. The first-order valence-corrected chi connectivity index (χ1v) is 5.84. The van der Waals surface area contributed by atoms with Gasteiger partial charge in [-0.1, -0.05) is 0 Å². The maximum atomic E-state index is 10.5. The summed E-state index contributed by atoms with van der Waals surface area (Å²) in [6.07, 6.45) is 0. The maximum Gasteiger partial charge on any atom is 0.269 e. The molecule has 7 heteroatoms. The molecule has 0 fully saturated rings. The second-order valence-electron chi connectivity index (χ2n) is 3.99. The fourth-order valence-electron chi connectivity index (χ4n) is 1.23. The van der Waals surface area contributed by atoms with E-state index < -0.39 is 4.92 Å². The van der Waals surface area contributed by atoms with E-state index in [0.29, 0.717) is 5.11 Å². The number of thiocarbonyl (C=S) groups is 1. The summed E-state index contributed by atoms with van der Waals surface area (Å²) < 4.78 is 0. The first kappa shape index (κ1) is 14.3. The topological polar surface area (TPSA) is 70.4 Å². The molecule has 0 heterocycles. The van der Waals surface area contributed by atoms with E-state index in [1.54, 1.807) is 12.1 Å². The number of non-ortho nitro benzene ring substituents is 1. The predicted octanol–water partition coefficient (Wildman–Crippen LogP) is 1.44. The highest BCUT2D eigenvalue weighted by Gasteiger charge is 2.04. The Labute approximate surface area is 111 Å². The van der Waals surface area contributed by atoms with Gasteiger partial charge in [0.05, 0.1) is 4.92 Å².